The molecule has 1 atom stereocenters. The summed E-state index contributed by atoms with van der Waals surface area (Å²) in [5.74, 6) is 0.138. The van der Waals surface area contributed by atoms with Crippen LogP contribution in [0, 0.1) is 0 Å². The maximum Gasteiger partial charge on any atom is 0.291 e. The van der Waals surface area contributed by atoms with Crippen molar-refractivity contribution in [2.75, 3.05) is 30.9 Å². The molecule has 0 fully saturated rings. The fraction of sp³-hybridized carbons (Fsp3) is 0.302. The molecule has 58 heavy (non-hydrogen) atoms. The van der Waals surface area contributed by atoms with Crippen molar-refractivity contribution in [3.05, 3.63) is 107 Å². The van der Waals surface area contributed by atoms with Crippen LogP contribution in [0.3, 0.4) is 0 Å². The predicted molar refractivity (Wildman–Crippen MR) is 226 cm³/mol. The van der Waals surface area contributed by atoms with Crippen LogP contribution in [0.1, 0.15) is 69.3 Å². The molecule has 300 valence electrons. The summed E-state index contributed by atoms with van der Waals surface area (Å²) in [6, 6.07) is 20.4. The molecule has 4 amide bonds. The van der Waals surface area contributed by atoms with Gasteiger partial charge in [0.1, 0.15) is 5.69 Å². The average molecular weight is 803 g/mol. The molecule has 15 heteroatoms. The summed E-state index contributed by atoms with van der Waals surface area (Å²) in [7, 11) is 5.00. The Morgan fingerprint density at radius 3 is 2.41 bits per heavy atom. The smallest absolute Gasteiger partial charge is 0.291 e. The van der Waals surface area contributed by atoms with Crippen molar-refractivity contribution in [3.63, 3.8) is 0 Å². The van der Waals surface area contributed by atoms with Crippen LogP contribution in [-0.2, 0) is 31.9 Å². The van der Waals surface area contributed by atoms with E-state index in [9.17, 15) is 19.2 Å². The first kappa shape index (κ1) is 39.9. The Morgan fingerprint density at radius 2 is 1.67 bits per heavy atom. The van der Waals surface area contributed by atoms with Crippen LogP contribution in [0.25, 0.3) is 11.1 Å². The summed E-state index contributed by atoms with van der Waals surface area (Å²) >= 11 is 4.47. The van der Waals surface area contributed by atoms with Crippen LogP contribution in [0.2, 0.25) is 0 Å². The Labute approximate surface area is 342 Å². The first-order chi connectivity index (χ1) is 27.8. The highest BCUT2D eigenvalue weighted by Crippen LogP contribution is 2.38. The molecule has 7 rings (SSSR count). The number of methoxy groups -OCH3 is 1. The van der Waals surface area contributed by atoms with E-state index in [1.165, 1.54) is 17.2 Å². The number of aromatic nitrogens is 3. The van der Waals surface area contributed by atoms with Gasteiger partial charge in [-0.15, -0.1) is 0 Å². The topological polar surface area (TPSA) is 161 Å². The second-order valence-electron chi connectivity index (χ2n) is 15.1. The van der Waals surface area contributed by atoms with E-state index in [0.717, 1.165) is 16.7 Å². The third-order valence-electron chi connectivity index (χ3n) is 10.00. The lowest BCUT2D eigenvalue weighted by atomic mass is 9.94. The number of nitrogens with one attached hydrogen (secondary N) is 3. The summed E-state index contributed by atoms with van der Waals surface area (Å²) in [5, 5.41) is 8.52. The molecular weight excluding hydrogens is 757 g/mol. The highest BCUT2D eigenvalue weighted by molar-refractivity contribution is 7.81. The fourth-order valence-corrected chi connectivity index (χ4v) is 7.03. The van der Waals surface area contributed by atoms with Crippen molar-refractivity contribution < 1.29 is 28.7 Å². The van der Waals surface area contributed by atoms with Crippen molar-refractivity contribution in [2.45, 2.75) is 50.4 Å². The molecule has 0 spiro atoms. The van der Waals surface area contributed by atoms with E-state index in [2.05, 4.69) is 44.6 Å². The van der Waals surface area contributed by atoms with E-state index < -0.39 is 5.91 Å². The van der Waals surface area contributed by atoms with Gasteiger partial charge in [0, 0.05) is 74.3 Å². The number of amides is 4. The third kappa shape index (κ3) is 8.94. The van der Waals surface area contributed by atoms with Crippen LogP contribution < -0.4 is 25.4 Å². The number of anilines is 2. The number of nitrogens with zero attached hydrogens (tertiary/aromatic N) is 5. The van der Waals surface area contributed by atoms with E-state index >= 15 is 0 Å². The third-order valence-corrected chi connectivity index (χ3v) is 10.2. The summed E-state index contributed by atoms with van der Waals surface area (Å²) in [5.41, 5.74) is 6.10. The molecular formula is C43H46N8O6S. The molecule has 0 saturated carbocycles. The summed E-state index contributed by atoms with van der Waals surface area (Å²) in [6.07, 6.45) is 6.47. The van der Waals surface area contributed by atoms with Gasteiger partial charge in [0.15, 0.2) is 17.3 Å². The van der Waals surface area contributed by atoms with Crippen LogP contribution in [0.15, 0.2) is 84.1 Å². The number of thiol groups is 1. The highest BCUT2D eigenvalue weighted by atomic mass is 32.1. The van der Waals surface area contributed by atoms with Crippen molar-refractivity contribution in [3.8, 4) is 22.6 Å². The van der Waals surface area contributed by atoms with Gasteiger partial charge in [-0.05, 0) is 67.6 Å². The molecule has 3 N–H and O–H groups in total. The standard InChI is InChI=1S/C43H46N8O6S/c1-43(2,58)25-45-40(53)34-18-29(22-49(34)3)26-12-14-30(15-13-26)46-41(54)39-48-37(24-50(39)4)47-38(52)11-8-16-57-36-20-33-32(19-35(36)56-5)42(55)51-23-28-10-7-6-9-27(28)17-31(51)21-44-33/h6-7,9-10,12-15,18-22,24,31,58H,8,11,16-17,23,25H2,1-5H3,(H,45,53)(H,46,54)(H,47,52)/t31-/m0/s1. The fourth-order valence-electron chi connectivity index (χ4n) is 6.95. The maximum absolute atomic E-state index is 13.7. The Bertz CT molecular complexity index is 2410. The second-order valence-corrected chi connectivity index (χ2v) is 16.3. The second kappa shape index (κ2) is 16.6. The summed E-state index contributed by atoms with van der Waals surface area (Å²) in [6.45, 7) is 5.00. The van der Waals surface area contributed by atoms with Gasteiger partial charge in [-0.2, -0.15) is 12.6 Å². The number of hydrogen-bond donors (Lipinski definition) is 4. The molecule has 5 aromatic rings. The van der Waals surface area contributed by atoms with Crippen molar-refractivity contribution in [2.24, 2.45) is 19.1 Å². The van der Waals surface area contributed by atoms with Gasteiger partial charge < -0.3 is 39.5 Å². The quantitative estimate of drug-likeness (QED) is 0.0814. The highest BCUT2D eigenvalue weighted by Gasteiger charge is 2.33. The predicted octanol–water partition coefficient (Wildman–Crippen LogP) is 6.21. The Kier molecular flexibility index (Phi) is 11.4. The minimum atomic E-state index is -0.447. The summed E-state index contributed by atoms with van der Waals surface area (Å²) < 4.78 is 14.6. The van der Waals surface area contributed by atoms with E-state index in [1.54, 1.807) is 42.1 Å². The molecule has 4 heterocycles. The number of aliphatic imine (C=N–C) groups is 1. The number of aryl methyl sites for hydroxylation is 2. The monoisotopic (exact) mass is 802 g/mol. The molecule has 3 aromatic carbocycles. The first-order valence-corrected chi connectivity index (χ1v) is 19.4. The van der Waals surface area contributed by atoms with Gasteiger partial charge in [-0.3, -0.25) is 24.2 Å². The lowest BCUT2D eigenvalue weighted by molar-refractivity contribution is -0.116. The average Bonchev–Trinajstić information content (AvgIpc) is 3.74. The molecule has 0 saturated heterocycles. The number of rotatable bonds is 13. The molecule has 0 aliphatic carbocycles. The minimum absolute atomic E-state index is 0.114. The van der Waals surface area contributed by atoms with Crippen molar-refractivity contribution >= 4 is 59.7 Å². The molecule has 2 aromatic heterocycles. The van der Waals surface area contributed by atoms with Crippen LogP contribution >= 0.6 is 12.6 Å². The zero-order valence-corrected chi connectivity index (χ0v) is 33.9. The van der Waals surface area contributed by atoms with Crippen LogP contribution in [0.4, 0.5) is 17.2 Å². The van der Waals surface area contributed by atoms with E-state index in [-0.39, 0.29) is 53.2 Å². The van der Waals surface area contributed by atoms with Crippen molar-refractivity contribution in [1.29, 1.82) is 0 Å². The maximum atomic E-state index is 13.7. The molecule has 2 aliphatic rings. The van der Waals surface area contributed by atoms with Crippen LogP contribution in [-0.4, -0.2) is 79.9 Å². The number of imidazole rings is 1. The van der Waals surface area contributed by atoms with Gasteiger partial charge in [-0.1, -0.05) is 36.4 Å². The van der Waals surface area contributed by atoms with Gasteiger partial charge in [-0.25, -0.2) is 4.98 Å². The molecule has 14 nitrogen and oxygen atoms in total. The zero-order chi connectivity index (χ0) is 41.1. The van der Waals surface area contributed by atoms with E-state index in [1.807, 2.05) is 74.6 Å². The normalized spacial score (nSPS) is 14.5. The molecule has 0 unspecified atom stereocenters. The lowest BCUT2D eigenvalue weighted by Crippen LogP contribution is -2.44. The molecule has 0 bridgehead atoms. The van der Waals surface area contributed by atoms with Crippen LogP contribution in [0.5, 0.6) is 11.5 Å². The largest absolute Gasteiger partial charge is 0.493 e. The van der Waals surface area contributed by atoms with E-state index in [4.69, 9.17) is 9.47 Å². The van der Waals surface area contributed by atoms with Gasteiger partial charge >= 0.3 is 0 Å². The first-order valence-electron chi connectivity index (χ1n) is 18.9. The Balaban J connectivity index is 0.902. The molecule has 0 radical (unpaired) electrons. The number of carbonyl (C=O) groups excluding carboxylic acids is 4. The Morgan fingerprint density at radius 1 is 0.914 bits per heavy atom. The Hall–Kier alpha value is -6.35. The minimum Gasteiger partial charge on any atom is -0.493 e. The SMILES string of the molecule is COc1cc2c(cc1OCCCC(=O)Nc1cn(C)c(C(=O)Nc3ccc(-c4cc(C(=O)NCC(C)(C)S)n(C)c4)cc3)n1)N=C[C@@H]1Cc3ccccc3CN1C2=O. The van der Waals surface area contributed by atoms with E-state index in [0.29, 0.717) is 60.1 Å². The number of hydrogen-bond acceptors (Lipinski definition) is 9. The van der Waals surface area contributed by atoms with Gasteiger partial charge in [0.05, 0.1) is 31.0 Å². The molecule has 2 aliphatic heterocycles. The summed E-state index contributed by atoms with van der Waals surface area (Å²) in [4.78, 5) is 63.3. The van der Waals surface area contributed by atoms with Gasteiger partial charge in [0.2, 0.25) is 11.7 Å². The number of carbonyl (C=O) groups is 4. The zero-order valence-electron chi connectivity index (χ0n) is 33.0. The van der Waals surface area contributed by atoms with Crippen molar-refractivity contribution in [1.82, 2.24) is 24.3 Å². The number of ether oxygens (including phenoxy) is 2. The number of benzene rings is 3. The lowest BCUT2D eigenvalue weighted by Gasteiger charge is -2.34. The van der Waals surface area contributed by atoms with Gasteiger partial charge in [0.25, 0.3) is 17.7 Å². The number of fused-ring (bicyclic) bond motifs is 3.